The first-order valence-electron chi connectivity index (χ1n) is 18.1. The topological polar surface area (TPSA) is 8.17 Å². The molecule has 0 radical (unpaired) electrons. The van der Waals surface area contributed by atoms with E-state index in [1.807, 2.05) is 0 Å². The standard InChI is InChI=1S/C49H32N2/c1-3-13-31(14-4-1)50(33-26-28-46-42(29-33)37-18-8-10-24-45(37)51(46)32-15-5-2-6-16-32)34-25-27-36-39-20-12-22-41-40-21-11-19-38-35-17-7-9-23-43(35)49(47(38)40,48(39)41)44(36)30-34/h1-8,10-22,24-30H,9,23H2. The maximum atomic E-state index is 2.53. The largest absolute Gasteiger partial charge is 0.310 e. The summed E-state index contributed by atoms with van der Waals surface area (Å²) in [6.45, 7) is 0. The van der Waals surface area contributed by atoms with Crippen LogP contribution in [0.25, 0.3) is 55.3 Å². The lowest BCUT2D eigenvalue weighted by Crippen LogP contribution is -2.25. The van der Waals surface area contributed by atoms with Gasteiger partial charge in [-0.2, -0.15) is 0 Å². The zero-order valence-electron chi connectivity index (χ0n) is 28.0. The number of allylic oxidation sites excluding steroid dienone is 4. The van der Waals surface area contributed by atoms with Crippen molar-refractivity contribution in [2.45, 2.75) is 18.3 Å². The van der Waals surface area contributed by atoms with Gasteiger partial charge < -0.3 is 9.47 Å². The molecule has 0 aliphatic heterocycles. The molecule has 8 aromatic rings. The Balaban J connectivity index is 1.12. The molecule has 1 atom stereocenters. The number of hydrogen-bond acceptors (Lipinski definition) is 1. The van der Waals surface area contributed by atoms with Gasteiger partial charge in [-0.05, 0) is 129 Å². The zero-order valence-corrected chi connectivity index (χ0v) is 28.0. The summed E-state index contributed by atoms with van der Waals surface area (Å²) in [5, 5.41) is 2.51. The SMILES string of the molecule is C1=CC2=C(CC1)C13c4cc(N(c5ccccc5)c5ccc6c(c5)c5ccccc5n6-c5ccccc5)ccc4-c4cccc(c41)-c1cccc2c13. The molecule has 0 amide bonds. The van der Waals surface area contributed by atoms with Gasteiger partial charge in [0.15, 0.2) is 0 Å². The molecule has 7 aromatic carbocycles. The highest BCUT2D eigenvalue weighted by atomic mass is 15.1. The number of nitrogens with zero attached hydrogens (tertiary/aromatic N) is 2. The zero-order chi connectivity index (χ0) is 33.3. The second-order valence-electron chi connectivity index (χ2n) is 14.3. The van der Waals surface area contributed by atoms with Crippen molar-refractivity contribution >= 4 is 44.4 Å². The van der Waals surface area contributed by atoms with E-state index >= 15 is 0 Å². The second-order valence-corrected chi connectivity index (χ2v) is 14.3. The monoisotopic (exact) mass is 648 g/mol. The highest BCUT2D eigenvalue weighted by molar-refractivity contribution is 6.11. The van der Waals surface area contributed by atoms with Gasteiger partial charge in [-0.15, -0.1) is 0 Å². The molecule has 12 rings (SSSR count). The van der Waals surface area contributed by atoms with Crippen LogP contribution in [0.5, 0.6) is 0 Å². The van der Waals surface area contributed by atoms with E-state index in [2.05, 4.69) is 179 Å². The summed E-state index contributed by atoms with van der Waals surface area (Å²) in [7, 11) is 0. The average Bonchev–Trinajstić information content (AvgIpc) is 3.89. The molecule has 0 bridgehead atoms. The molecule has 2 nitrogen and oxygen atoms in total. The van der Waals surface area contributed by atoms with E-state index in [0.717, 1.165) is 24.2 Å². The lowest BCUT2D eigenvalue weighted by atomic mass is 9.70. The predicted molar refractivity (Wildman–Crippen MR) is 212 cm³/mol. The van der Waals surface area contributed by atoms with Gasteiger partial charge in [-0.3, -0.25) is 0 Å². The van der Waals surface area contributed by atoms with E-state index in [4.69, 9.17) is 0 Å². The van der Waals surface area contributed by atoms with E-state index in [0.29, 0.717) is 0 Å². The fourth-order valence-electron chi connectivity index (χ4n) is 10.2. The molecule has 1 unspecified atom stereocenters. The molecule has 1 heterocycles. The first-order valence-corrected chi connectivity index (χ1v) is 18.1. The normalized spacial score (nSPS) is 17.2. The molecule has 0 saturated heterocycles. The third kappa shape index (κ3) is 3.38. The van der Waals surface area contributed by atoms with Crippen LogP contribution < -0.4 is 4.90 Å². The molecule has 4 aliphatic rings. The van der Waals surface area contributed by atoms with Gasteiger partial charge in [0.25, 0.3) is 0 Å². The van der Waals surface area contributed by atoms with Gasteiger partial charge in [0.2, 0.25) is 0 Å². The Kier molecular flexibility index (Phi) is 5.31. The molecule has 51 heavy (non-hydrogen) atoms. The number of anilines is 3. The van der Waals surface area contributed by atoms with Gasteiger partial charge in [-0.1, -0.05) is 109 Å². The molecular weight excluding hydrogens is 617 g/mol. The molecule has 2 heteroatoms. The van der Waals surface area contributed by atoms with Crippen LogP contribution in [0.3, 0.4) is 0 Å². The van der Waals surface area contributed by atoms with Crippen LogP contribution in [-0.4, -0.2) is 4.57 Å². The van der Waals surface area contributed by atoms with Crippen LogP contribution in [0, 0.1) is 0 Å². The van der Waals surface area contributed by atoms with Crippen molar-refractivity contribution in [2.75, 3.05) is 4.90 Å². The molecule has 0 saturated carbocycles. The Morgan fingerprint density at radius 2 is 1.14 bits per heavy atom. The van der Waals surface area contributed by atoms with Crippen LogP contribution in [0.1, 0.15) is 35.1 Å². The Morgan fingerprint density at radius 3 is 1.96 bits per heavy atom. The summed E-state index contributed by atoms with van der Waals surface area (Å²) < 4.78 is 2.39. The fraction of sp³-hybridized carbons (Fsp3) is 0.0612. The molecule has 0 N–H and O–H groups in total. The van der Waals surface area contributed by atoms with Crippen LogP contribution in [0.4, 0.5) is 17.1 Å². The van der Waals surface area contributed by atoms with Gasteiger partial charge in [-0.25, -0.2) is 0 Å². The molecule has 4 aliphatic carbocycles. The lowest BCUT2D eigenvalue weighted by Gasteiger charge is -2.32. The Morgan fingerprint density at radius 1 is 0.490 bits per heavy atom. The van der Waals surface area contributed by atoms with Crippen molar-refractivity contribution in [3.63, 3.8) is 0 Å². The van der Waals surface area contributed by atoms with E-state index in [9.17, 15) is 0 Å². The van der Waals surface area contributed by atoms with Crippen molar-refractivity contribution in [2.24, 2.45) is 0 Å². The highest BCUT2D eigenvalue weighted by Crippen LogP contribution is 2.70. The van der Waals surface area contributed by atoms with Crippen LogP contribution >= 0.6 is 0 Å². The summed E-state index contributed by atoms with van der Waals surface area (Å²) in [5.41, 5.74) is 21.3. The van der Waals surface area contributed by atoms with Gasteiger partial charge in [0.05, 0.1) is 16.4 Å². The average molecular weight is 649 g/mol. The Bertz CT molecular complexity index is 2850. The van der Waals surface area contributed by atoms with Crippen molar-refractivity contribution in [3.05, 3.63) is 198 Å². The number of rotatable bonds is 4. The molecule has 1 aromatic heterocycles. The van der Waals surface area contributed by atoms with Crippen LogP contribution in [-0.2, 0) is 5.41 Å². The first-order chi connectivity index (χ1) is 25.3. The van der Waals surface area contributed by atoms with E-state index in [1.165, 1.54) is 83.3 Å². The smallest absolute Gasteiger partial charge is 0.0701 e. The maximum absolute atomic E-state index is 2.53. The number of para-hydroxylation sites is 3. The summed E-state index contributed by atoms with van der Waals surface area (Å²) in [6.07, 6.45) is 6.95. The lowest BCUT2D eigenvalue weighted by molar-refractivity contribution is 0.730. The van der Waals surface area contributed by atoms with Gasteiger partial charge in [0.1, 0.15) is 0 Å². The van der Waals surface area contributed by atoms with Gasteiger partial charge >= 0.3 is 0 Å². The summed E-state index contributed by atoms with van der Waals surface area (Å²) >= 11 is 0. The summed E-state index contributed by atoms with van der Waals surface area (Å²) in [4.78, 5) is 2.46. The Labute approximate surface area is 296 Å². The second kappa shape index (κ2) is 9.87. The van der Waals surface area contributed by atoms with Gasteiger partial charge in [0, 0.05) is 33.5 Å². The molecule has 238 valence electrons. The van der Waals surface area contributed by atoms with E-state index in [-0.39, 0.29) is 5.41 Å². The maximum Gasteiger partial charge on any atom is 0.0701 e. The minimum absolute atomic E-state index is 0.237. The highest BCUT2D eigenvalue weighted by Gasteiger charge is 2.58. The van der Waals surface area contributed by atoms with Crippen molar-refractivity contribution in [1.82, 2.24) is 4.57 Å². The van der Waals surface area contributed by atoms with E-state index < -0.39 is 0 Å². The van der Waals surface area contributed by atoms with Crippen molar-refractivity contribution in [3.8, 4) is 27.9 Å². The van der Waals surface area contributed by atoms with Crippen LogP contribution in [0.2, 0.25) is 0 Å². The fourth-order valence-corrected chi connectivity index (χ4v) is 10.2. The Hall–Kier alpha value is -6.38. The number of hydrogen-bond donors (Lipinski definition) is 0. The summed E-state index contributed by atoms with van der Waals surface area (Å²) in [6, 6.07) is 58.7. The van der Waals surface area contributed by atoms with Crippen molar-refractivity contribution < 1.29 is 0 Å². The minimum atomic E-state index is -0.237. The van der Waals surface area contributed by atoms with Crippen molar-refractivity contribution in [1.29, 1.82) is 0 Å². The molecule has 1 spiro atoms. The molecule has 0 fully saturated rings. The predicted octanol–water partition coefficient (Wildman–Crippen LogP) is 12.7. The van der Waals surface area contributed by atoms with Crippen LogP contribution in [0.15, 0.2) is 175 Å². The molecular formula is C49H32N2. The minimum Gasteiger partial charge on any atom is -0.310 e. The quantitative estimate of drug-likeness (QED) is 0.184. The number of fused-ring (bicyclic) bond motifs is 7. The summed E-state index contributed by atoms with van der Waals surface area (Å²) in [5.74, 6) is 0. The number of benzene rings is 7. The third-order valence-corrected chi connectivity index (χ3v) is 12.0. The number of aromatic nitrogens is 1. The first kappa shape index (κ1) is 27.4. The third-order valence-electron chi connectivity index (χ3n) is 12.0. The van der Waals surface area contributed by atoms with E-state index in [1.54, 1.807) is 5.57 Å².